The normalized spacial score (nSPS) is 32.2. The Morgan fingerprint density at radius 3 is 3.08 bits per heavy atom. The van der Waals surface area contributed by atoms with Crippen LogP contribution in [0.3, 0.4) is 0 Å². The maximum atomic E-state index is 11.2. The Morgan fingerprint density at radius 2 is 2.46 bits per heavy atom. The Hall–Kier alpha value is -1.13. The van der Waals surface area contributed by atoms with Crippen molar-refractivity contribution in [2.75, 3.05) is 6.54 Å². The lowest BCUT2D eigenvalue weighted by molar-refractivity contribution is -0.115. The molecule has 0 aromatic rings. The van der Waals surface area contributed by atoms with Crippen LogP contribution in [-0.2, 0) is 4.79 Å². The summed E-state index contributed by atoms with van der Waals surface area (Å²) in [5.41, 5.74) is 11.8. The third-order valence-corrected chi connectivity index (χ3v) is 2.56. The van der Waals surface area contributed by atoms with E-state index in [0.29, 0.717) is 5.57 Å². The fourth-order valence-corrected chi connectivity index (χ4v) is 1.92. The molecule has 1 aliphatic carbocycles. The molecule has 1 spiro atoms. The molecule has 0 aromatic heterocycles. The van der Waals surface area contributed by atoms with Crippen molar-refractivity contribution in [3.05, 3.63) is 23.8 Å². The van der Waals surface area contributed by atoms with Gasteiger partial charge in [-0.2, -0.15) is 0 Å². The smallest absolute Gasteiger partial charge is 0.246 e. The number of hydrogen-bond donors (Lipinski definition) is 3. The average molecular weight is 179 g/mol. The van der Waals surface area contributed by atoms with E-state index in [2.05, 4.69) is 10.9 Å². The van der Waals surface area contributed by atoms with Crippen molar-refractivity contribution < 1.29 is 4.79 Å². The number of hydrazine groups is 1. The second-order valence-electron chi connectivity index (χ2n) is 3.39. The third kappa shape index (κ3) is 1.28. The van der Waals surface area contributed by atoms with Crippen LogP contribution in [-0.4, -0.2) is 18.0 Å². The number of nitrogens with two attached hydrogens (primary N) is 1. The first-order valence-electron chi connectivity index (χ1n) is 4.43. The molecule has 70 valence electrons. The van der Waals surface area contributed by atoms with E-state index in [1.54, 1.807) is 0 Å². The first kappa shape index (κ1) is 8.47. The molecule has 2 rings (SSSR count). The quantitative estimate of drug-likeness (QED) is 0.480. The van der Waals surface area contributed by atoms with E-state index >= 15 is 0 Å². The van der Waals surface area contributed by atoms with E-state index in [-0.39, 0.29) is 11.4 Å². The SMILES string of the molecule is NC(=O)C1=CCC=CC12CCNN2. The van der Waals surface area contributed by atoms with Gasteiger partial charge < -0.3 is 5.73 Å². The van der Waals surface area contributed by atoms with Gasteiger partial charge in [-0.15, -0.1) is 0 Å². The van der Waals surface area contributed by atoms with Gasteiger partial charge in [0, 0.05) is 12.1 Å². The van der Waals surface area contributed by atoms with Crippen LogP contribution in [0.1, 0.15) is 12.8 Å². The number of carbonyl (C=O) groups excluding carboxylic acids is 1. The van der Waals surface area contributed by atoms with Crippen LogP contribution < -0.4 is 16.6 Å². The van der Waals surface area contributed by atoms with Gasteiger partial charge in [-0.3, -0.25) is 10.2 Å². The summed E-state index contributed by atoms with van der Waals surface area (Å²) in [5.74, 6) is -0.333. The molecule has 0 bridgehead atoms. The van der Waals surface area contributed by atoms with Crippen LogP contribution in [0.25, 0.3) is 0 Å². The van der Waals surface area contributed by atoms with E-state index < -0.39 is 0 Å². The maximum Gasteiger partial charge on any atom is 0.246 e. The number of amides is 1. The molecule has 0 saturated carbocycles. The van der Waals surface area contributed by atoms with Crippen molar-refractivity contribution in [2.45, 2.75) is 18.4 Å². The first-order chi connectivity index (χ1) is 6.25. The van der Waals surface area contributed by atoms with E-state index in [4.69, 9.17) is 5.73 Å². The molecule has 0 radical (unpaired) electrons. The zero-order valence-electron chi connectivity index (χ0n) is 7.34. The minimum absolute atomic E-state index is 0.333. The molecule has 2 aliphatic rings. The first-order valence-corrected chi connectivity index (χ1v) is 4.43. The van der Waals surface area contributed by atoms with E-state index in [0.717, 1.165) is 19.4 Å². The van der Waals surface area contributed by atoms with Crippen molar-refractivity contribution in [1.29, 1.82) is 0 Å². The molecule has 13 heavy (non-hydrogen) atoms. The molecular formula is C9H13N3O. The molecule has 0 aromatic carbocycles. The second-order valence-corrected chi connectivity index (χ2v) is 3.39. The topological polar surface area (TPSA) is 67.2 Å². The highest BCUT2D eigenvalue weighted by molar-refractivity contribution is 5.95. The Bertz CT molecular complexity index is 287. The fraction of sp³-hybridized carbons (Fsp3) is 0.444. The molecule has 1 atom stereocenters. The van der Waals surface area contributed by atoms with Crippen molar-refractivity contribution in [3.63, 3.8) is 0 Å². The highest BCUT2D eigenvalue weighted by Gasteiger charge is 2.38. The van der Waals surface area contributed by atoms with Gasteiger partial charge in [-0.25, -0.2) is 5.43 Å². The van der Waals surface area contributed by atoms with Crippen LogP contribution in [0.4, 0.5) is 0 Å². The van der Waals surface area contributed by atoms with E-state index in [9.17, 15) is 4.79 Å². The molecule has 4 nitrogen and oxygen atoms in total. The van der Waals surface area contributed by atoms with Crippen molar-refractivity contribution in [3.8, 4) is 0 Å². The number of allylic oxidation sites excluding steroid dienone is 2. The Balaban J connectivity index is 2.33. The maximum absolute atomic E-state index is 11.2. The van der Waals surface area contributed by atoms with Gasteiger partial charge in [0.25, 0.3) is 0 Å². The summed E-state index contributed by atoms with van der Waals surface area (Å²) in [5, 5.41) is 0. The van der Waals surface area contributed by atoms with Crippen LogP contribution in [0.5, 0.6) is 0 Å². The number of rotatable bonds is 1. The van der Waals surface area contributed by atoms with Crippen LogP contribution in [0.15, 0.2) is 23.8 Å². The van der Waals surface area contributed by atoms with Gasteiger partial charge in [0.05, 0.1) is 5.54 Å². The molecule has 4 heteroatoms. The van der Waals surface area contributed by atoms with E-state index in [1.807, 2.05) is 18.2 Å². The van der Waals surface area contributed by atoms with Crippen LogP contribution >= 0.6 is 0 Å². The summed E-state index contributed by atoms with van der Waals surface area (Å²) in [7, 11) is 0. The Kier molecular flexibility index (Phi) is 1.94. The van der Waals surface area contributed by atoms with Crippen molar-refractivity contribution in [1.82, 2.24) is 10.9 Å². The second kappa shape index (κ2) is 2.97. The van der Waals surface area contributed by atoms with Gasteiger partial charge in [-0.05, 0) is 12.8 Å². The van der Waals surface area contributed by atoms with Gasteiger partial charge in [0.15, 0.2) is 0 Å². The Morgan fingerprint density at radius 1 is 1.62 bits per heavy atom. The number of carbonyl (C=O) groups is 1. The predicted molar refractivity (Wildman–Crippen MR) is 49.5 cm³/mol. The summed E-state index contributed by atoms with van der Waals surface area (Å²) in [6.45, 7) is 0.856. The molecular weight excluding hydrogens is 166 g/mol. The van der Waals surface area contributed by atoms with Crippen molar-refractivity contribution in [2.24, 2.45) is 5.73 Å². The summed E-state index contributed by atoms with van der Waals surface area (Å²) in [6, 6.07) is 0. The van der Waals surface area contributed by atoms with E-state index in [1.165, 1.54) is 0 Å². The molecule has 1 fully saturated rings. The van der Waals surface area contributed by atoms with Gasteiger partial charge in [-0.1, -0.05) is 18.2 Å². The van der Waals surface area contributed by atoms with Crippen LogP contribution in [0, 0.1) is 0 Å². The lowest BCUT2D eigenvalue weighted by atomic mass is 9.83. The molecule has 1 unspecified atom stereocenters. The number of nitrogens with one attached hydrogen (secondary N) is 2. The highest BCUT2D eigenvalue weighted by Crippen LogP contribution is 2.28. The zero-order valence-corrected chi connectivity index (χ0v) is 7.34. The minimum atomic E-state index is -0.343. The van der Waals surface area contributed by atoms with Gasteiger partial charge >= 0.3 is 0 Å². The molecule has 1 aliphatic heterocycles. The number of hydrogen-bond acceptors (Lipinski definition) is 3. The fourth-order valence-electron chi connectivity index (χ4n) is 1.92. The third-order valence-electron chi connectivity index (χ3n) is 2.56. The van der Waals surface area contributed by atoms with Crippen LogP contribution in [0.2, 0.25) is 0 Å². The minimum Gasteiger partial charge on any atom is -0.366 e. The highest BCUT2D eigenvalue weighted by atomic mass is 16.1. The Labute approximate surface area is 76.8 Å². The average Bonchev–Trinajstić information content (AvgIpc) is 2.54. The zero-order chi connectivity index (χ0) is 9.31. The summed E-state index contributed by atoms with van der Waals surface area (Å²) in [6.07, 6.45) is 7.63. The molecule has 1 saturated heterocycles. The van der Waals surface area contributed by atoms with Crippen molar-refractivity contribution >= 4 is 5.91 Å². The molecule has 1 amide bonds. The van der Waals surface area contributed by atoms with Gasteiger partial charge in [0.1, 0.15) is 0 Å². The monoisotopic (exact) mass is 179 g/mol. The summed E-state index contributed by atoms with van der Waals surface area (Å²) < 4.78 is 0. The lowest BCUT2D eigenvalue weighted by Crippen LogP contribution is -2.48. The predicted octanol–water partition coefficient (Wildman–Crippen LogP) is -0.405. The molecule has 4 N–H and O–H groups in total. The standard InChI is InChI=1S/C9H13N3O/c10-8(13)7-3-1-2-4-9(7)5-6-11-12-9/h2-4,11-12H,1,5-6H2,(H2,10,13). The number of primary amides is 1. The molecule has 1 heterocycles. The van der Waals surface area contributed by atoms with Gasteiger partial charge in [0.2, 0.25) is 5.91 Å². The summed E-state index contributed by atoms with van der Waals surface area (Å²) in [4.78, 5) is 11.2. The summed E-state index contributed by atoms with van der Waals surface area (Å²) >= 11 is 0. The largest absolute Gasteiger partial charge is 0.366 e. The lowest BCUT2D eigenvalue weighted by Gasteiger charge is -2.28.